The van der Waals surface area contributed by atoms with E-state index in [1.54, 1.807) is 31.3 Å². The highest BCUT2D eigenvalue weighted by atomic mass is 32.2. The fourth-order valence-corrected chi connectivity index (χ4v) is 4.74. The molecule has 10 heteroatoms. The summed E-state index contributed by atoms with van der Waals surface area (Å²) in [5.41, 5.74) is 2.26. The largest absolute Gasteiger partial charge is 0.363 e. The lowest BCUT2D eigenvalue weighted by atomic mass is 9.95. The molecule has 0 saturated carbocycles. The number of fused-ring (bicyclic) bond motifs is 1. The molecule has 170 valence electrons. The molecule has 0 fully saturated rings. The Morgan fingerprint density at radius 1 is 0.971 bits per heavy atom. The van der Waals surface area contributed by atoms with Crippen molar-refractivity contribution in [3.63, 3.8) is 0 Å². The lowest BCUT2D eigenvalue weighted by Gasteiger charge is -2.13. The number of aromatic nitrogens is 3. The number of hydrogen-bond acceptors (Lipinski definition) is 6. The molecule has 0 aliphatic carbocycles. The molecule has 34 heavy (non-hydrogen) atoms. The van der Waals surface area contributed by atoms with Crippen LogP contribution in [0.4, 0.5) is 14.6 Å². The quantitative estimate of drug-likeness (QED) is 0.366. The van der Waals surface area contributed by atoms with Gasteiger partial charge in [0.05, 0.1) is 16.8 Å². The molecule has 1 N–H and O–H groups in total. The second-order valence-corrected chi connectivity index (χ2v) is 9.25. The van der Waals surface area contributed by atoms with Gasteiger partial charge in [-0.05, 0) is 54.3 Å². The van der Waals surface area contributed by atoms with E-state index >= 15 is 0 Å². The first-order chi connectivity index (χ1) is 16.3. The van der Waals surface area contributed by atoms with E-state index in [1.807, 2.05) is 0 Å². The number of halogens is 2. The van der Waals surface area contributed by atoms with E-state index < -0.39 is 21.7 Å². The zero-order valence-electron chi connectivity index (χ0n) is 17.7. The molecule has 5 aromatic rings. The summed E-state index contributed by atoms with van der Waals surface area (Å²) in [5, 5.41) is 4.85. The summed E-state index contributed by atoms with van der Waals surface area (Å²) >= 11 is 0. The first-order valence-corrected chi connectivity index (χ1v) is 11.5. The number of nitrogens with one attached hydrogen (secondary N) is 1. The van der Waals surface area contributed by atoms with E-state index in [1.165, 1.54) is 42.8 Å². The standard InChI is InChI=1S/C24H16F2N4O3S/c1-14-8-22(26)21(16-9-17(25)13-27-12-16)11-20(14)24-19-3-2-18(10-15(19)4-6-28-24)34(31,32)30-23-5-7-33-29-23/h2-13H,1H3,(H,29,30). The van der Waals surface area contributed by atoms with Crippen molar-refractivity contribution < 1.29 is 21.7 Å². The Labute approximate surface area is 193 Å². The Balaban J connectivity index is 1.62. The molecule has 0 unspecified atom stereocenters. The van der Waals surface area contributed by atoms with Crippen molar-refractivity contribution in [1.82, 2.24) is 15.1 Å². The highest BCUT2D eigenvalue weighted by Crippen LogP contribution is 2.35. The maximum atomic E-state index is 14.8. The molecule has 0 spiro atoms. The predicted octanol–water partition coefficient (Wildman–Crippen LogP) is 5.34. The predicted molar refractivity (Wildman–Crippen MR) is 122 cm³/mol. The summed E-state index contributed by atoms with van der Waals surface area (Å²) in [6, 6.07) is 11.8. The summed E-state index contributed by atoms with van der Waals surface area (Å²) in [6.45, 7) is 1.74. The minimum absolute atomic E-state index is 0.0301. The van der Waals surface area contributed by atoms with Crippen molar-refractivity contribution in [2.24, 2.45) is 0 Å². The molecular weight excluding hydrogens is 462 g/mol. The van der Waals surface area contributed by atoms with E-state index in [-0.39, 0.29) is 16.3 Å². The maximum Gasteiger partial charge on any atom is 0.263 e. The van der Waals surface area contributed by atoms with Crippen molar-refractivity contribution in [1.29, 1.82) is 0 Å². The fraction of sp³-hybridized carbons (Fsp3) is 0.0417. The molecule has 7 nitrogen and oxygen atoms in total. The number of aryl methyl sites for hydroxylation is 1. The van der Waals surface area contributed by atoms with Crippen LogP contribution in [0.3, 0.4) is 0 Å². The summed E-state index contributed by atoms with van der Waals surface area (Å²) < 4.78 is 60.9. The van der Waals surface area contributed by atoms with E-state index in [0.717, 1.165) is 6.20 Å². The van der Waals surface area contributed by atoms with E-state index in [2.05, 4.69) is 24.4 Å². The van der Waals surface area contributed by atoms with Gasteiger partial charge in [-0.25, -0.2) is 17.2 Å². The molecule has 0 atom stereocenters. The van der Waals surface area contributed by atoms with Crippen molar-refractivity contribution in [3.05, 3.63) is 90.6 Å². The van der Waals surface area contributed by atoms with Crippen LogP contribution >= 0.6 is 0 Å². The maximum absolute atomic E-state index is 14.8. The number of pyridine rings is 2. The Morgan fingerprint density at radius 2 is 1.82 bits per heavy atom. The lowest BCUT2D eigenvalue weighted by molar-refractivity contribution is 0.423. The van der Waals surface area contributed by atoms with Crippen LogP contribution in [-0.2, 0) is 10.0 Å². The third kappa shape index (κ3) is 3.99. The monoisotopic (exact) mass is 478 g/mol. The zero-order valence-corrected chi connectivity index (χ0v) is 18.5. The van der Waals surface area contributed by atoms with Gasteiger partial charge >= 0.3 is 0 Å². The number of sulfonamides is 1. The van der Waals surface area contributed by atoms with Gasteiger partial charge in [-0.3, -0.25) is 14.7 Å². The van der Waals surface area contributed by atoms with Gasteiger partial charge in [0, 0.05) is 40.5 Å². The smallest absolute Gasteiger partial charge is 0.263 e. The van der Waals surface area contributed by atoms with Gasteiger partial charge in [-0.15, -0.1) is 0 Å². The second kappa shape index (κ2) is 8.31. The van der Waals surface area contributed by atoms with E-state index in [9.17, 15) is 17.2 Å². The minimum atomic E-state index is -3.90. The number of rotatable bonds is 5. The van der Waals surface area contributed by atoms with Gasteiger partial charge in [0.2, 0.25) is 0 Å². The van der Waals surface area contributed by atoms with Gasteiger partial charge in [-0.2, -0.15) is 0 Å². The van der Waals surface area contributed by atoms with Gasteiger partial charge in [0.25, 0.3) is 10.0 Å². The normalized spacial score (nSPS) is 11.6. The average Bonchev–Trinajstić information content (AvgIpc) is 3.31. The molecular formula is C24H16F2N4O3S. The third-order valence-corrected chi connectivity index (χ3v) is 6.66. The molecule has 0 aliphatic heterocycles. The SMILES string of the molecule is Cc1cc(F)c(-c2cncc(F)c2)cc1-c1nccc2cc(S(=O)(=O)Nc3ccon3)ccc12. The first kappa shape index (κ1) is 21.7. The summed E-state index contributed by atoms with van der Waals surface area (Å²) in [7, 11) is -3.90. The molecule has 0 aliphatic rings. The second-order valence-electron chi connectivity index (χ2n) is 7.57. The van der Waals surface area contributed by atoms with Crippen LogP contribution in [0, 0.1) is 18.6 Å². The molecule has 2 aromatic carbocycles. The van der Waals surface area contributed by atoms with Crippen LogP contribution in [0.15, 0.2) is 82.8 Å². The zero-order chi connectivity index (χ0) is 23.9. The van der Waals surface area contributed by atoms with Gasteiger partial charge in [0.1, 0.15) is 17.9 Å². The van der Waals surface area contributed by atoms with Crippen LogP contribution in [0.2, 0.25) is 0 Å². The Hall–Kier alpha value is -4.18. The molecule has 3 heterocycles. The summed E-state index contributed by atoms with van der Waals surface area (Å²) in [6.07, 6.45) is 5.24. The molecule has 5 rings (SSSR count). The molecule has 0 amide bonds. The van der Waals surface area contributed by atoms with Crippen molar-refractivity contribution >= 4 is 26.6 Å². The average molecular weight is 478 g/mol. The molecule has 0 bridgehead atoms. The summed E-state index contributed by atoms with van der Waals surface area (Å²) in [5.74, 6) is -1.02. The number of hydrogen-bond donors (Lipinski definition) is 1. The van der Waals surface area contributed by atoms with Crippen molar-refractivity contribution in [2.75, 3.05) is 4.72 Å². The third-order valence-electron chi connectivity index (χ3n) is 5.31. The van der Waals surface area contributed by atoms with Crippen molar-refractivity contribution in [2.45, 2.75) is 11.8 Å². The highest BCUT2D eigenvalue weighted by molar-refractivity contribution is 7.92. The van der Waals surface area contributed by atoms with Crippen molar-refractivity contribution in [3.8, 4) is 22.4 Å². The topological polar surface area (TPSA) is 98.0 Å². The molecule has 0 saturated heterocycles. The Kier molecular flexibility index (Phi) is 5.29. The number of anilines is 1. The first-order valence-electron chi connectivity index (χ1n) is 10.1. The Morgan fingerprint density at radius 3 is 2.59 bits per heavy atom. The highest BCUT2D eigenvalue weighted by Gasteiger charge is 2.19. The van der Waals surface area contributed by atoms with E-state index in [4.69, 9.17) is 0 Å². The molecule has 0 radical (unpaired) electrons. The Bertz CT molecular complexity index is 1640. The lowest BCUT2D eigenvalue weighted by Crippen LogP contribution is -2.13. The summed E-state index contributed by atoms with van der Waals surface area (Å²) in [4.78, 5) is 8.31. The van der Waals surface area contributed by atoms with Crippen LogP contribution < -0.4 is 4.72 Å². The van der Waals surface area contributed by atoms with Crippen LogP contribution in [0.5, 0.6) is 0 Å². The fourth-order valence-electron chi connectivity index (χ4n) is 3.71. The van der Waals surface area contributed by atoms with Gasteiger partial charge in [0.15, 0.2) is 5.82 Å². The van der Waals surface area contributed by atoms with Crippen LogP contribution in [-0.4, -0.2) is 23.5 Å². The van der Waals surface area contributed by atoms with Gasteiger partial charge < -0.3 is 4.52 Å². The van der Waals surface area contributed by atoms with Gasteiger partial charge in [-0.1, -0.05) is 11.2 Å². The van der Waals surface area contributed by atoms with Crippen LogP contribution in [0.1, 0.15) is 5.56 Å². The minimum Gasteiger partial charge on any atom is -0.363 e. The van der Waals surface area contributed by atoms with Crippen LogP contribution in [0.25, 0.3) is 33.2 Å². The number of benzene rings is 2. The number of nitrogens with zero attached hydrogens (tertiary/aromatic N) is 3. The van der Waals surface area contributed by atoms with E-state index in [0.29, 0.717) is 33.2 Å². The molecule has 3 aromatic heterocycles.